The standard InChI is InChI=1S/C11H14FNO2/c1-8(15)9-3-4-10(12)11(7-9)13-5-2-6-14/h3-4,7,13-14H,2,5-6H2,1H3. The lowest BCUT2D eigenvalue weighted by Crippen LogP contribution is -2.06. The lowest BCUT2D eigenvalue weighted by atomic mass is 10.1. The first kappa shape index (κ1) is 11.7. The van der Waals surface area contributed by atoms with E-state index in [0.29, 0.717) is 24.2 Å². The average Bonchev–Trinajstić information content (AvgIpc) is 2.20. The fraction of sp³-hybridized carbons (Fsp3) is 0.364. The van der Waals surface area contributed by atoms with Gasteiger partial charge in [-0.05, 0) is 31.5 Å². The molecule has 0 fully saturated rings. The number of rotatable bonds is 5. The maximum absolute atomic E-state index is 13.2. The topological polar surface area (TPSA) is 49.3 Å². The molecule has 3 nitrogen and oxygen atoms in total. The van der Waals surface area contributed by atoms with Crippen molar-refractivity contribution in [2.24, 2.45) is 0 Å². The normalized spacial score (nSPS) is 10.1. The highest BCUT2D eigenvalue weighted by molar-refractivity contribution is 5.94. The quantitative estimate of drug-likeness (QED) is 0.577. The summed E-state index contributed by atoms with van der Waals surface area (Å²) in [5, 5.41) is 11.4. The number of aliphatic hydroxyl groups excluding tert-OH is 1. The lowest BCUT2D eigenvalue weighted by Gasteiger charge is -2.07. The number of anilines is 1. The Hall–Kier alpha value is -1.42. The highest BCUT2D eigenvalue weighted by atomic mass is 19.1. The van der Waals surface area contributed by atoms with Gasteiger partial charge in [0.05, 0.1) is 5.69 Å². The molecule has 0 bridgehead atoms. The Balaban J connectivity index is 2.76. The molecule has 15 heavy (non-hydrogen) atoms. The van der Waals surface area contributed by atoms with Gasteiger partial charge in [-0.25, -0.2) is 4.39 Å². The fourth-order valence-electron chi connectivity index (χ4n) is 1.18. The van der Waals surface area contributed by atoms with E-state index in [0.717, 1.165) is 0 Å². The second kappa shape index (κ2) is 5.46. The highest BCUT2D eigenvalue weighted by Crippen LogP contribution is 2.16. The van der Waals surface area contributed by atoms with Crippen LogP contribution in [0.1, 0.15) is 23.7 Å². The SMILES string of the molecule is CC(=O)c1ccc(F)c(NCCCO)c1. The van der Waals surface area contributed by atoms with E-state index in [1.807, 2.05) is 0 Å². The number of hydrogen-bond acceptors (Lipinski definition) is 3. The molecule has 2 N–H and O–H groups in total. The third-order valence-corrected chi connectivity index (χ3v) is 2.02. The van der Waals surface area contributed by atoms with Crippen LogP contribution in [0.4, 0.5) is 10.1 Å². The molecule has 0 unspecified atom stereocenters. The third kappa shape index (κ3) is 3.32. The number of ketones is 1. The Bertz CT molecular complexity index is 352. The van der Waals surface area contributed by atoms with Crippen molar-refractivity contribution in [1.29, 1.82) is 0 Å². The number of benzene rings is 1. The summed E-state index contributed by atoms with van der Waals surface area (Å²) in [4.78, 5) is 11.0. The largest absolute Gasteiger partial charge is 0.396 e. The van der Waals surface area contributed by atoms with Gasteiger partial charge in [0.25, 0.3) is 0 Å². The Kier molecular flexibility index (Phi) is 4.24. The molecule has 0 aliphatic carbocycles. The van der Waals surface area contributed by atoms with Crippen molar-refractivity contribution in [3.63, 3.8) is 0 Å². The van der Waals surface area contributed by atoms with Crippen LogP contribution >= 0.6 is 0 Å². The molecule has 0 atom stereocenters. The molecule has 0 saturated carbocycles. The first-order chi connectivity index (χ1) is 7.15. The molecule has 0 radical (unpaired) electrons. The van der Waals surface area contributed by atoms with Crippen molar-refractivity contribution in [2.75, 3.05) is 18.5 Å². The van der Waals surface area contributed by atoms with Gasteiger partial charge in [-0.1, -0.05) is 0 Å². The van der Waals surface area contributed by atoms with Crippen LogP contribution in [-0.4, -0.2) is 24.0 Å². The average molecular weight is 211 g/mol. The second-order valence-electron chi connectivity index (χ2n) is 3.25. The molecular weight excluding hydrogens is 197 g/mol. The summed E-state index contributed by atoms with van der Waals surface area (Å²) in [6, 6.07) is 4.20. The van der Waals surface area contributed by atoms with E-state index in [4.69, 9.17) is 5.11 Å². The summed E-state index contributed by atoms with van der Waals surface area (Å²) < 4.78 is 13.2. The molecule has 0 saturated heterocycles. The minimum absolute atomic E-state index is 0.0566. The number of aliphatic hydroxyl groups is 1. The molecule has 0 aliphatic heterocycles. The van der Waals surface area contributed by atoms with E-state index >= 15 is 0 Å². The molecule has 0 heterocycles. The van der Waals surface area contributed by atoms with Gasteiger partial charge in [0.15, 0.2) is 5.78 Å². The molecular formula is C11H14FNO2. The van der Waals surface area contributed by atoms with E-state index in [2.05, 4.69) is 5.32 Å². The summed E-state index contributed by atoms with van der Waals surface area (Å²) in [6.45, 7) is 1.97. The van der Waals surface area contributed by atoms with Gasteiger partial charge >= 0.3 is 0 Å². The van der Waals surface area contributed by atoms with Crippen molar-refractivity contribution >= 4 is 11.5 Å². The van der Waals surface area contributed by atoms with E-state index < -0.39 is 5.82 Å². The monoisotopic (exact) mass is 211 g/mol. The number of Topliss-reactive ketones (excluding diaryl/α,β-unsaturated/α-hetero) is 1. The van der Waals surface area contributed by atoms with Crippen molar-refractivity contribution in [3.05, 3.63) is 29.6 Å². The third-order valence-electron chi connectivity index (χ3n) is 2.02. The van der Waals surface area contributed by atoms with Crippen molar-refractivity contribution < 1.29 is 14.3 Å². The van der Waals surface area contributed by atoms with E-state index in [1.54, 1.807) is 0 Å². The molecule has 0 aliphatic rings. The maximum atomic E-state index is 13.2. The zero-order chi connectivity index (χ0) is 11.3. The summed E-state index contributed by atoms with van der Waals surface area (Å²) in [5.74, 6) is -0.488. The molecule has 82 valence electrons. The Morgan fingerprint density at radius 2 is 2.27 bits per heavy atom. The van der Waals surface area contributed by atoms with Crippen LogP contribution in [-0.2, 0) is 0 Å². The Morgan fingerprint density at radius 1 is 1.53 bits per heavy atom. The number of carbonyl (C=O) groups is 1. The van der Waals surface area contributed by atoms with Crippen LogP contribution in [0, 0.1) is 5.82 Å². The minimum atomic E-state index is -0.391. The second-order valence-corrected chi connectivity index (χ2v) is 3.25. The first-order valence-corrected chi connectivity index (χ1v) is 4.80. The van der Waals surface area contributed by atoms with Crippen LogP contribution < -0.4 is 5.32 Å². The van der Waals surface area contributed by atoms with Crippen LogP contribution in [0.5, 0.6) is 0 Å². The van der Waals surface area contributed by atoms with Gasteiger partial charge in [0.1, 0.15) is 5.82 Å². The minimum Gasteiger partial charge on any atom is -0.396 e. The van der Waals surface area contributed by atoms with Crippen molar-refractivity contribution in [1.82, 2.24) is 0 Å². The Labute approximate surface area is 87.9 Å². The van der Waals surface area contributed by atoms with Crippen LogP contribution in [0.15, 0.2) is 18.2 Å². The molecule has 4 heteroatoms. The van der Waals surface area contributed by atoms with Crippen LogP contribution in [0.2, 0.25) is 0 Å². The molecule has 0 spiro atoms. The van der Waals surface area contributed by atoms with Gasteiger partial charge in [-0.3, -0.25) is 4.79 Å². The number of carbonyl (C=O) groups excluding carboxylic acids is 1. The van der Waals surface area contributed by atoms with Crippen molar-refractivity contribution in [3.8, 4) is 0 Å². The van der Waals surface area contributed by atoms with Crippen LogP contribution in [0.25, 0.3) is 0 Å². The number of halogens is 1. The summed E-state index contributed by atoms with van der Waals surface area (Å²) >= 11 is 0. The van der Waals surface area contributed by atoms with E-state index in [9.17, 15) is 9.18 Å². The maximum Gasteiger partial charge on any atom is 0.159 e. The first-order valence-electron chi connectivity index (χ1n) is 4.80. The zero-order valence-electron chi connectivity index (χ0n) is 8.59. The summed E-state index contributed by atoms with van der Waals surface area (Å²) in [6.07, 6.45) is 0.545. The van der Waals surface area contributed by atoms with Gasteiger partial charge in [0, 0.05) is 18.7 Å². The lowest BCUT2D eigenvalue weighted by molar-refractivity contribution is 0.101. The van der Waals surface area contributed by atoms with Gasteiger partial charge < -0.3 is 10.4 Å². The van der Waals surface area contributed by atoms with Crippen LogP contribution in [0.3, 0.4) is 0 Å². The van der Waals surface area contributed by atoms with E-state index in [1.165, 1.54) is 25.1 Å². The van der Waals surface area contributed by atoms with Gasteiger partial charge in [-0.15, -0.1) is 0 Å². The van der Waals surface area contributed by atoms with E-state index in [-0.39, 0.29) is 12.4 Å². The zero-order valence-corrected chi connectivity index (χ0v) is 8.59. The molecule has 1 aromatic carbocycles. The molecule has 1 rings (SSSR count). The predicted molar refractivity (Wildman–Crippen MR) is 56.6 cm³/mol. The molecule has 1 aromatic rings. The van der Waals surface area contributed by atoms with Gasteiger partial charge in [0.2, 0.25) is 0 Å². The number of nitrogens with one attached hydrogen (secondary N) is 1. The molecule has 0 amide bonds. The number of hydrogen-bond donors (Lipinski definition) is 2. The predicted octanol–water partition coefficient (Wildman–Crippen LogP) is 1.82. The Morgan fingerprint density at radius 3 is 2.87 bits per heavy atom. The fourth-order valence-corrected chi connectivity index (χ4v) is 1.18. The molecule has 0 aromatic heterocycles. The summed E-state index contributed by atoms with van der Waals surface area (Å²) in [5.41, 5.74) is 0.777. The highest BCUT2D eigenvalue weighted by Gasteiger charge is 2.05. The smallest absolute Gasteiger partial charge is 0.159 e. The summed E-state index contributed by atoms with van der Waals surface area (Å²) in [7, 11) is 0. The van der Waals surface area contributed by atoms with Crippen molar-refractivity contribution in [2.45, 2.75) is 13.3 Å². The van der Waals surface area contributed by atoms with Gasteiger partial charge in [-0.2, -0.15) is 0 Å².